The summed E-state index contributed by atoms with van der Waals surface area (Å²) in [6.45, 7) is 1.79. The Morgan fingerprint density at radius 3 is 2.74 bits per heavy atom. The Bertz CT molecular complexity index is 604. The Hall–Kier alpha value is -1.33. The van der Waals surface area contributed by atoms with Crippen LogP contribution in [0, 0.1) is 18.6 Å². The minimum absolute atomic E-state index is 0.123. The van der Waals surface area contributed by atoms with Crippen LogP contribution in [-0.4, -0.2) is 10.1 Å². The van der Waals surface area contributed by atoms with Gasteiger partial charge in [-0.15, -0.1) is 0 Å². The quantitative estimate of drug-likeness (QED) is 0.872. The molecule has 1 aromatic carbocycles. The molecule has 0 saturated heterocycles. The van der Waals surface area contributed by atoms with Crippen molar-refractivity contribution < 1.29 is 13.9 Å². The van der Waals surface area contributed by atoms with Crippen molar-refractivity contribution in [3.8, 4) is 0 Å². The van der Waals surface area contributed by atoms with Gasteiger partial charge in [-0.05, 0) is 52.2 Å². The highest BCUT2D eigenvalue weighted by molar-refractivity contribution is 9.10. The second kappa shape index (κ2) is 5.75. The van der Waals surface area contributed by atoms with Crippen LogP contribution >= 0.6 is 15.9 Å². The number of benzene rings is 1. The standard InChI is InChI=1S/C14H12BrF2NO/c1-8-7-18-5-4-9(8)13(19)6-10-12(16)3-2-11(15)14(10)17/h2-5,7,13,19H,6H2,1H3. The molecule has 0 aliphatic carbocycles. The predicted molar refractivity (Wildman–Crippen MR) is 71.7 cm³/mol. The van der Waals surface area contributed by atoms with E-state index in [2.05, 4.69) is 20.9 Å². The van der Waals surface area contributed by atoms with Crippen molar-refractivity contribution in [2.24, 2.45) is 0 Å². The summed E-state index contributed by atoms with van der Waals surface area (Å²) < 4.78 is 27.6. The van der Waals surface area contributed by atoms with Crippen LogP contribution in [0.1, 0.15) is 22.8 Å². The molecule has 0 aliphatic rings. The van der Waals surface area contributed by atoms with E-state index in [0.717, 1.165) is 5.56 Å². The van der Waals surface area contributed by atoms with Crippen molar-refractivity contribution in [2.75, 3.05) is 0 Å². The second-order valence-electron chi connectivity index (χ2n) is 4.27. The van der Waals surface area contributed by atoms with Gasteiger partial charge in [-0.3, -0.25) is 4.98 Å². The van der Waals surface area contributed by atoms with Crippen molar-refractivity contribution in [1.29, 1.82) is 0 Å². The van der Waals surface area contributed by atoms with E-state index in [1.165, 1.54) is 12.1 Å². The number of nitrogens with zero attached hydrogens (tertiary/aromatic N) is 1. The molecular formula is C14H12BrF2NO. The fourth-order valence-electron chi connectivity index (χ4n) is 1.92. The molecule has 0 aliphatic heterocycles. The first-order valence-electron chi connectivity index (χ1n) is 5.71. The summed E-state index contributed by atoms with van der Waals surface area (Å²) in [5, 5.41) is 10.1. The normalized spacial score (nSPS) is 12.5. The lowest BCUT2D eigenvalue weighted by Crippen LogP contribution is -2.07. The van der Waals surface area contributed by atoms with Crippen LogP contribution in [-0.2, 0) is 6.42 Å². The number of aliphatic hydroxyl groups is 1. The fraction of sp³-hybridized carbons (Fsp3) is 0.214. The number of rotatable bonds is 3. The molecule has 2 rings (SSSR count). The smallest absolute Gasteiger partial charge is 0.143 e. The molecule has 0 spiro atoms. The highest BCUT2D eigenvalue weighted by Gasteiger charge is 2.18. The first-order valence-corrected chi connectivity index (χ1v) is 6.51. The van der Waals surface area contributed by atoms with Gasteiger partial charge in [0.2, 0.25) is 0 Å². The molecule has 0 amide bonds. The topological polar surface area (TPSA) is 33.1 Å². The van der Waals surface area contributed by atoms with Gasteiger partial charge in [-0.25, -0.2) is 8.78 Å². The Labute approximate surface area is 118 Å². The maximum absolute atomic E-state index is 13.8. The Balaban J connectivity index is 2.32. The SMILES string of the molecule is Cc1cnccc1C(O)Cc1c(F)ccc(Br)c1F. The van der Waals surface area contributed by atoms with E-state index in [1.54, 1.807) is 25.4 Å². The van der Waals surface area contributed by atoms with Crippen LogP contribution in [0.3, 0.4) is 0 Å². The van der Waals surface area contributed by atoms with Crippen LogP contribution in [0.5, 0.6) is 0 Å². The number of hydrogen-bond donors (Lipinski definition) is 1. The van der Waals surface area contributed by atoms with Gasteiger partial charge in [0.05, 0.1) is 10.6 Å². The zero-order valence-electron chi connectivity index (χ0n) is 10.2. The van der Waals surface area contributed by atoms with Crippen molar-refractivity contribution >= 4 is 15.9 Å². The molecule has 1 aromatic heterocycles. The van der Waals surface area contributed by atoms with Crippen LogP contribution in [0.2, 0.25) is 0 Å². The highest BCUT2D eigenvalue weighted by atomic mass is 79.9. The Morgan fingerprint density at radius 1 is 1.32 bits per heavy atom. The summed E-state index contributed by atoms with van der Waals surface area (Å²) in [4.78, 5) is 3.92. The first kappa shape index (κ1) is 14.1. The largest absolute Gasteiger partial charge is 0.388 e. The number of halogens is 3. The number of aromatic nitrogens is 1. The van der Waals surface area contributed by atoms with Gasteiger partial charge in [-0.1, -0.05) is 0 Å². The molecule has 1 N–H and O–H groups in total. The van der Waals surface area contributed by atoms with Gasteiger partial charge in [0.1, 0.15) is 11.6 Å². The Morgan fingerprint density at radius 2 is 2.05 bits per heavy atom. The number of pyridine rings is 1. The summed E-state index contributed by atoms with van der Waals surface area (Å²) in [6.07, 6.45) is 2.05. The zero-order valence-corrected chi connectivity index (χ0v) is 11.8. The van der Waals surface area contributed by atoms with E-state index in [9.17, 15) is 13.9 Å². The van der Waals surface area contributed by atoms with E-state index in [0.29, 0.717) is 5.56 Å². The number of aliphatic hydroxyl groups excluding tert-OH is 1. The summed E-state index contributed by atoms with van der Waals surface area (Å²) in [6, 6.07) is 4.13. The zero-order chi connectivity index (χ0) is 14.0. The van der Waals surface area contributed by atoms with Gasteiger partial charge < -0.3 is 5.11 Å². The third-order valence-electron chi connectivity index (χ3n) is 2.96. The minimum atomic E-state index is -0.971. The molecule has 1 atom stereocenters. The van der Waals surface area contributed by atoms with Crippen LogP contribution in [0.4, 0.5) is 8.78 Å². The lowest BCUT2D eigenvalue weighted by atomic mass is 9.98. The van der Waals surface area contributed by atoms with Crippen molar-refractivity contribution in [2.45, 2.75) is 19.4 Å². The first-order chi connectivity index (χ1) is 9.00. The van der Waals surface area contributed by atoms with Crippen molar-refractivity contribution in [3.63, 3.8) is 0 Å². The van der Waals surface area contributed by atoms with Gasteiger partial charge in [-0.2, -0.15) is 0 Å². The highest BCUT2D eigenvalue weighted by Crippen LogP contribution is 2.27. The van der Waals surface area contributed by atoms with Crippen LogP contribution in [0.25, 0.3) is 0 Å². The molecule has 100 valence electrons. The fourth-order valence-corrected chi connectivity index (χ4v) is 2.29. The van der Waals surface area contributed by atoms with E-state index < -0.39 is 17.7 Å². The summed E-state index contributed by atoms with van der Waals surface area (Å²) in [5.41, 5.74) is 1.28. The lowest BCUT2D eigenvalue weighted by Gasteiger charge is -2.14. The number of hydrogen-bond acceptors (Lipinski definition) is 2. The van der Waals surface area contributed by atoms with Crippen LogP contribution < -0.4 is 0 Å². The molecule has 0 saturated carbocycles. The maximum Gasteiger partial charge on any atom is 0.143 e. The van der Waals surface area contributed by atoms with Gasteiger partial charge in [0.25, 0.3) is 0 Å². The molecule has 19 heavy (non-hydrogen) atoms. The molecule has 0 fully saturated rings. The predicted octanol–water partition coefficient (Wildman–Crippen LogP) is 3.71. The summed E-state index contributed by atoms with van der Waals surface area (Å²) >= 11 is 3.01. The molecular weight excluding hydrogens is 316 g/mol. The van der Waals surface area contributed by atoms with E-state index in [1.807, 2.05) is 0 Å². The van der Waals surface area contributed by atoms with E-state index in [4.69, 9.17) is 0 Å². The molecule has 0 radical (unpaired) electrons. The molecule has 5 heteroatoms. The molecule has 2 nitrogen and oxygen atoms in total. The third-order valence-corrected chi connectivity index (χ3v) is 3.57. The molecule has 1 heterocycles. The average Bonchev–Trinajstić information content (AvgIpc) is 2.39. The summed E-state index contributed by atoms with van der Waals surface area (Å²) in [7, 11) is 0. The summed E-state index contributed by atoms with van der Waals surface area (Å²) in [5.74, 6) is -1.34. The monoisotopic (exact) mass is 327 g/mol. The van der Waals surface area contributed by atoms with Gasteiger partial charge in [0.15, 0.2) is 0 Å². The molecule has 0 bridgehead atoms. The molecule has 1 unspecified atom stereocenters. The minimum Gasteiger partial charge on any atom is -0.388 e. The van der Waals surface area contributed by atoms with Gasteiger partial charge >= 0.3 is 0 Å². The van der Waals surface area contributed by atoms with Gasteiger partial charge in [0, 0.05) is 24.4 Å². The Kier molecular flexibility index (Phi) is 4.27. The van der Waals surface area contributed by atoms with E-state index in [-0.39, 0.29) is 16.5 Å². The van der Waals surface area contributed by atoms with Crippen molar-refractivity contribution in [3.05, 3.63) is 63.4 Å². The third kappa shape index (κ3) is 2.98. The number of aryl methyl sites for hydroxylation is 1. The van der Waals surface area contributed by atoms with Crippen LogP contribution in [0.15, 0.2) is 35.1 Å². The maximum atomic E-state index is 13.8. The average molecular weight is 328 g/mol. The van der Waals surface area contributed by atoms with E-state index >= 15 is 0 Å². The molecule has 2 aromatic rings. The van der Waals surface area contributed by atoms with Crippen molar-refractivity contribution in [1.82, 2.24) is 4.98 Å². The lowest BCUT2D eigenvalue weighted by molar-refractivity contribution is 0.174. The second-order valence-corrected chi connectivity index (χ2v) is 5.13.